The van der Waals surface area contributed by atoms with Gasteiger partial charge >= 0.3 is 26.6 Å². The van der Waals surface area contributed by atoms with Gasteiger partial charge in [-0.3, -0.25) is 10.1 Å². The predicted octanol–water partition coefficient (Wildman–Crippen LogP) is 3.61. The molecule has 0 spiro atoms. The number of hydrogen-bond donors (Lipinski definition) is 0. The maximum Gasteiger partial charge on any atom is 2.00 e. The summed E-state index contributed by atoms with van der Waals surface area (Å²) in [5, 5.41) is 35.2. The van der Waals surface area contributed by atoms with E-state index in [0.717, 1.165) is 47.1 Å². The van der Waals surface area contributed by atoms with Gasteiger partial charge in [0.25, 0.3) is 5.69 Å². The van der Waals surface area contributed by atoms with Crippen molar-refractivity contribution in [3.8, 4) is 5.75 Å². The van der Waals surface area contributed by atoms with Crippen molar-refractivity contribution in [1.29, 1.82) is 0 Å². The van der Waals surface area contributed by atoms with Crippen LogP contribution in [-0.2, 0) is 35.7 Å². The molecule has 3 heterocycles. The summed E-state index contributed by atoms with van der Waals surface area (Å²) in [6, 6.07) is 4.70. The van der Waals surface area contributed by atoms with E-state index < -0.39 is 12.0 Å². The van der Waals surface area contributed by atoms with Gasteiger partial charge in [0.2, 0.25) is 0 Å². The minimum Gasteiger partial charge on any atom is -0.872 e. The van der Waals surface area contributed by atoms with E-state index in [4.69, 9.17) is 30.2 Å². The summed E-state index contributed by atoms with van der Waals surface area (Å²) in [6.07, 6.45) is 0. The number of non-ortho nitro benzene ring substituents is 1. The van der Waals surface area contributed by atoms with Crippen molar-refractivity contribution >= 4 is 12.8 Å². The van der Waals surface area contributed by atoms with Crippen LogP contribution < -0.4 is 5.11 Å². The monoisotopic (exact) mass is 628 g/mol. The zero-order valence-corrected chi connectivity index (χ0v) is 29.9. The Labute approximate surface area is 260 Å². The van der Waals surface area contributed by atoms with Crippen LogP contribution in [0.1, 0.15) is 97.3 Å². The normalized spacial score (nSPS) is 12.1. The first kappa shape index (κ1) is 34.7. The van der Waals surface area contributed by atoms with Gasteiger partial charge in [0, 0.05) is 28.4 Å². The molecule has 13 nitrogen and oxygen atoms in total. The van der Waals surface area contributed by atoms with Crippen LogP contribution in [0.5, 0.6) is 5.75 Å². The zero-order chi connectivity index (χ0) is 31.1. The summed E-state index contributed by atoms with van der Waals surface area (Å²) in [5.41, 5.74) is -0.550. The van der Waals surface area contributed by atoms with Crippen molar-refractivity contribution < 1.29 is 29.5 Å². The third-order valence-corrected chi connectivity index (χ3v) is 6.43. The van der Waals surface area contributed by atoms with Gasteiger partial charge in [-0.15, -0.1) is 5.75 Å². The van der Waals surface area contributed by atoms with Crippen LogP contribution in [0, 0.1) is 30.9 Å². The van der Waals surface area contributed by atoms with Crippen molar-refractivity contribution in [3.05, 3.63) is 69.3 Å². The number of rotatable bonds is 4. The molecule has 0 bridgehead atoms. The van der Waals surface area contributed by atoms with Gasteiger partial charge in [-0.2, -0.15) is 15.3 Å². The Hall–Kier alpha value is -3.47. The summed E-state index contributed by atoms with van der Waals surface area (Å²) in [7, 11) is -1.61. The van der Waals surface area contributed by atoms with Gasteiger partial charge < -0.3 is 18.9 Å². The van der Waals surface area contributed by atoms with Crippen molar-refractivity contribution in [3.63, 3.8) is 0 Å². The number of aromatic nitrogens is 9. The Kier molecular flexibility index (Phi) is 10.3. The third-order valence-electron chi connectivity index (χ3n) is 6.43. The Morgan fingerprint density at radius 2 is 0.929 bits per heavy atom. The van der Waals surface area contributed by atoms with E-state index in [1.807, 2.05) is 34.5 Å². The average Bonchev–Trinajstić information content (AvgIpc) is 3.52. The Balaban J connectivity index is 0.000000475. The molecule has 0 aliphatic heterocycles. The van der Waals surface area contributed by atoms with Gasteiger partial charge in [-0.1, -0.05) is 74.4 Å². The molecule has 4 rings (SSSR count). The molecule has 0 N–H and O–H groups in total. The molecule has 42 heavy (non-hydrogen) atoms. The number of benzene rings is 1. The quantitative estimate of drug-likeness (QED) is 0.187. The molecule has 0 saturated heterocycles. The number of nitro groups is 1. The number of aryl methyl sites for hydroxylation is 3. The van der Waals surface area contributed by atoms with Crippen molar-refractivity contribution in [2.45, 2.75) is 99.3 Å². The van der Waals surface area contributed by atoms with E-state index in [1.54, 1.807) is 0 Å². The molecule has 222 valence electrons. The summed E-state index contributed by atoms with van der Waals surface area (Å²) in [4.78, 5) is 23.8. The molecule has 3 aromatic heterocycles. The maximum atomic E-state index is 10.4. The summed E-state index contributed by atoms with van der Waals surface area (Å²) < 4.78 is 5.88. The first-order valence-corrected chi connectivity index (χ1v) is 13.6. The molecular formula is C27H41BN10O3Zn. The van der Waals surface area contributed by atoms with E-state index in [9.17, 15) is 15.2 Å². The van der Waals surface area contributed by atoms with Gasteiger partial charge in [0.1, 0.15) is 0 Å². The van der Waals surface area contributed by atoms with Crippen LogP contribution in [0.3, 0.4) is 0 Å². The molecule has 0 fully saturated rings. The van der Waals surface area contributed by atoms with Crippen LogP contribution in [0.15, 0.2) is 24.3 Å². The van der Waals surface area contributed by atoms with Crippen molar-refractivity contribution in [2.75, 3.05) is 0 Å². The van der Waals surface area contributed by atoms with Crippen molar-refractivity contribution in [1.82, 2.24) is 44.0 Å². The first-order chi connectivity index (χ1) is 18.7. The summed E-state index contributed by atoms with van der Waals surface area (Å²) >= 11 is 0. The fraction of sp³-hybridized carbons (Fsp3) is 0.556. The molecule has 0 aliphatic carbocycles. The van der Waals surface area contributed by atoms with Gasteiger partial charge in [0.15, 0.2) is 17.5 Å². The fourth-order valence-corrected chi connectivity index (χ4v) is 3.97. The van der Waals surface area contributed by atoms with Gasteiger partial charge in [-0.05, 0) is 20.8 Å². The molecule has 0 unspecified atom stereocenters. The molecule has 0 radical (unpaired) electrons. The molecule has 0 aliphatic rings. The zero-order valence-electron chi connectivity index (χ0n) is 26.9. The molecule has 15 heteroatoms. The molecule has 4 aromatic rings. The number of hydrogen-bond acceptors (Lipinski definition) is 9. The SMILES string of the molecule is Cc1nc(C(C)(C)C)nn1[BH-](n1nc(C(C)(C)C)nc1C)n1nc(C(C)(C)C)nc1C.O=[N+]([O-])c1ccc([O-])cc1.[Zn+2]. The molecule has 0 saturated carbocycles. The average molecular weight is 630 g/mol. The molecule has 1 aromatic carbocycles. The standard InChI is InChI=1S/C21H37BN9.C6H5NO3.Zn/c1-13-23-16(19(4,5)6)26-29(13)22(30-14(2)24-17(27-30)20(7,8)9)31-15(3)25-18(28-31)21(10,11)12;8-6-3-1-5(2-4-6)7(9)10;/h22H,1-12H3;1-4,8H;/q-1;;+2/p-1. The summed E-state index contributed by atoms with van der Waals surface area (Å²) in [5.74, 6) is 4.64. The summed E-state index contributed by atoms with van der Waals surface area (Å²) in [6.45, 7) is 25.0. The largest absolute Gasteiger partial charge is 2.00 e. The second-order valence-corrected chi connectivity index (χ2v) is 13.4. The third kappa shape index (κ3) is 7.87. The maximum absolute atomic E-state index is 10.4. The Morgan fingerprint density at radius 1 is 0.643 bits per heavy atom. The minimum absolute atomic E-state index is 0. The Bertz CT molecular complexity index is 1380. The molecule has 0 atom stereocenters. The first-order valence-electron chi connectivity index (χ1n) is 13.6. The second-order valence-electron chi connectivity index (χ2n) is 13.4. The van der Waals surface area contributed by atoms with E-state index in [2.05, 4.69) is 62.3 Å². The topological polar surface area (TPSA) is 158 Å². The van der Waals surface area contributed by atoms with Crippen LogP contribution in [0.25, 0.3) is 0 Å². The van der Waals surface area contributed by atoms with Crippen LogP contribution >= 0.6 is 0 Å². The van der Waals surface area contributed by atoms with Gasteiger partial charge in [-0.25, -0.2) is 15.0 Å². The number of nitrogens with zero attached hydrogens (tertiary/aromatic N) is 10. The predicted molar refractivity (Wildman–Crippen MR) is 156 cm³/mol. The van der Waals surface area contributed by atoms with E-state index in [1.165, 1.54) is 12.1 Å². The molecule has 0 amide bonds. The van der Waals surface area contributed by atoms with E-state index in [0.29, 0.717) is 0 Å². The second kappa shape index (κ2) is 12.4. The smallest absolute Gasteiger partial charge is 0.872 e. The van der Waals surface area contributed by atoms with Crippen LogP contribution in [-0.4, -0.2) is 56.1 Å². The van der Waals surface area contributed by atoms with E-state index in [-0.39, 0.29) is 47.2 Å². The Morgan fingerprint density at radius 3 is 1.14 bits per heavy atom. The van der Waals surface area contributed by atoms with Crippen LogP contribution in [0.4, 0.5) is 5.69 Å². The van der Waals surface area contributed by atoms with Crippen LogP contribution in [0.2, 0.25) is 0 Å². The molecular weight excluding hydrogens is 589 g/mol. The van der Waals surface area contributed by atoms with E-state index >= 15 is 0 Å². The number of nitro benzene ring substituents is 1. The van der Waals surface area contributed by atoms with Crippen molar-refractivity contribution in [2.24, 2.45) is 0 Å². The van der Waals surface area contributed by atoms with Gasteiger partial charge in [0.05, 0.1) is 22.4 Å². The minimum atomic E-state index is -1.61. The fourth-order valence-electron chi connectivity index (χ4n) is 3.97.